The fraction of sp³-hybridized carbons (Fsp3) is 0.381. The van der Waals surface area contributed by atoms with Crippen molar-refractivity contribution in [2.75, 3.05) is 40.4 Å². The summed E-state index contributed by atoms with van der Waals surface area (Å²) in [5.41, 5.74) is 3.02. The maximum Gasteiger partial charge on any atom is 0.216 e. The van der Waals surface area contributed by atoms with E-state index in [4.69, 9.17) is 9.47 Å². The van der Waals surface area contributed by atoms with Crippen LogP contribution in [-0.4, -0.2) is 57.0 Å². The molecule has 0 amide bonds. The number of nitrogens with zero attached hydrogens (tertiary/aromatic N) is 1. The van der Waals surface area contributed by atoms with Crippen molar-refractivity contribution in [1.82, 2.24) is 0 Å². The lowest BCUT2D eigenvalue weighted by atomic mass is 10.0. The number of ketones is 1. The number of carbonyl (C=O) groups is 1. The van der Waals surface area contributed by atoms with Crippen molar-refractivity contribution >= 4 is 5.78 Å². The summed E-state index contributed by atoms with van der Waals surface area (Å²) in [6.45, 7) is 2.57. The Labute approximate surface area is 149 Å². The molecule has 4 nitrogen and oxygen atoms in total. The Morgan fingerprint density at radius 3 is 2.20 bits per heavy atom. The topological polar surface area (TPSA) is 35.5 Å². The Morgan fingerprint density at radius 1 is 0.960 bits per heavy atom. The second-order valence-corrected chi connectivity index (χ2v) is 7.17. The summed E-state index contributed by atoms with van der Waals surface area (Å²) < 4.78 is 11.8. The van der Waals surface area contributed by atoms with Crippen LogP contribution in [0.4, 0.5) is 0 Å². The van der Waals surface area contributed by atoms with Gasteiger partial charge in [0.2, 0.25) is 12.1 Å². The summed E-state index contributed by atoms with van der Waals surface area (Å²) in [6, 6.07) is 18.0. The zero-order valence-electron chi connectivity index (χ0n) is 15.0. The SMILES string of the molecule is C[N+](C)(CC(=O)c1ccc(-c2ccccc2)cc1)CC1OCCCO1. The molecular weight excluding hydrogens is 314 g/mol. The molecule has 0 bridgehead atoms. The highest BCUT2D eigenvalue weighted by Gasteiger charge is 2.28. The van der Waals surface area contributed by atoms with Crippen LogP contribution in [0.1, 0.15) is 16.8 Å². The molecule has 0 radical (unpaired) electrons. The van der Waals surface area contributed by atoms with Crippen LogP contribution in [0.5, 0.6) is 0 Å². The van der Waals surface area contributed by atoms with Gasteiger partial charge in [-0.05, 0) is 17.5 Å². The number of hydrogen-bond acceptors (Lipinski definition) is 3. The lowest BCUT2D eigenvalue weighted by Gasteiger charge is -2.34. The van der Waals surface area contributed by atoms with Crippen LogP contribution in [0.2, 0.25) is 0 Å². The molecule has 0 atom stereocenters. The number of carbonyl (C=O) groups excluding carboxylic acids is 1. The van der Waals surface area contributed by atoms with Crippen LogP contribution < -0.4 is 0 Å². The van der Waals surface area contributed by atoms with E-state index in [2.05, 4.69) is 12.1 Å². The third-order valence-corrected chi connectivity index (χ3v) is 4.43. The quantitative estimate of drug-likeness (QED) is 0.597. The molecule has 132 valence electrons. The van der Waals surface area contributed by atoms with Crippen molar-refractivity contribution in [2.45, 2.75) is 12.7 Å². The Balaban J connectivity index is 1.62. The monoisotopic (exact) mass is 340 g/mol. The third kappa shape index (κ3) is 4.98. The van der Waals surface area contributed by atoms with Gasteiger partial charge in [0, 0.05) is 5.56 Å². The molecule has 0 spiro atoms. The van der Waals surface area contributed by atoms with Gasteiger partial charge >= 0.3 is 0 Å². The van der Waals surface area contributed by atoms with Crippen molar-refractivity contribution in [3.05, 3.63) is 60.2 Å². The van der Waals surface area contributed by atoms with Crippen LogP contribution in [0.3, 0.4) is 0 Å². The molecule has 2 aromatic rings. The minimum atomic E-state index is -0.211. The van der Waals surface area contributed by atoms with E-state index in [-0.39, 0.29) is 12.1 Å². The molecule has 0 aromatic heterocycles. The average Bonchev–Trinajstić information content (AvgIpc) is 2.62. The van der Waals surface area contributed by atoms with Gasteiger partial charge in [-0.3, -0.25) is 4.79 Å². The van der Waals surface area contributed by atoms with Gasteiger partial charge in [0.15, 0.2) is 0 Å². The fourth-order valence-electron chi connectivity index (χ4n) is 3.07. The summed E-state index contributed by atoms with van der Waals surface area (Å²) in [4.78, 5) is 12.7. The second kappa shape index (κ2) is 7.91. The van der Waals surface area contributed by atoms with E-state index in [9.17, 15) is 4.79 Å². The Kier molecular flexibility index (Phi) is 5.63. The minimum Gasteiger partial charge on any atom is -0.347 e. The maximum absolute atomic E-state index is 12.7. The molecule has 0 unspecified atom stereocenters. The highest BCUT2D eigenvalue weighted by atomic mass is 16.7. The second-order valence-electron chi connectivity index (χ2n) is 7.17. The summed E-state index contributed by atoms with van der Waals surface area (Å²) in [6.07, 6.45) is 0.730. The molecule has 1 fully saturated rings. The van der Waals surface area contributed by atoms with Crippen LogP contribution in [0.15, 0.2) is 54.6 Å². The molecule has 4 heteroatoms. The number of likely N-dealkylation sites (N-methyl/N-ethyl adjacent to an activating group) is 1. The highest BCUT2D eigenvalue weighted by Crippen LogP contribution is 2.20. The molecular formula is C21H26NO3+. The summed E-state index contributed by atoms with van der Waals surface area (Å²) in [5, 5.41) is 0. The van der Waals surface area contributed by atoms with Crippen molar-refractivity contribution < 1.29 is 18.8 Å². The van der Waals surface area contributed by atoms with E-state index < -0.39 is 0 Å². The van der Waals surface area contributed by atoms with Crippen molar-refractivity contribution in [3.8, 4) is 11.1 Å². The first-order valence-corrected chi connectivity index (χ1v) is 8.77. The minimum absolute atomic E-state index is 0.139. The highest BCUT2D eigenvalue weighted by molar-refractivity contribution is 5.97. The molecule has 1 saturated heterocycles. The van der Waals surface area contributed by atoms with Gasteiger partial charge in [-0.1, -0.05) is 54.6 Å². The average molecular weight is 340 g/mol. The van der Waals surface area contributed by atoms with Crippen LogP contribution in [-0.2, 0) is 9.47 Å². The molecule has 0 aliphatic carbocycles. The van der Waals surface area contributed by atoms with Gasteiger partial charge < -0.3 is 14.0 Å². The fourth-order valence-corrected chi connectivity index (χ4v) is 3.07. The zero-order valence-corrected chi connectivity index (χ0v) is 15.0. The van der Waals surface area contributed by atoms with E-state index in [1.54, 1.807) is 0 Å². The van der Waals surface area contributed by atoms with Gasteiger partial charge in [-0.2, -0.15) is 0 Å². The van der Waals surface area contributed by atoms with Crippen LogP contribution >= 0.6 is 0 Å². The van der Waals surface area contributed by atoms with Crippen LogP contribution in [0, 0.1) is 0 Å². The van der Waals surface area contributed by atoms with Gasteiger partial charge in [0.05, 0.1) is 27.3 Å². The van der Waals surface area contributed by atoms with Gasteiger partial charge in [-0.25, -0.2) is 0 Å². The summed E-state index contributed by atoms with van der Waals surface area (Å²) in [7, 11) is 4.08. The number of quaternary nitrogens is 1. The van der Waals surface area contributed by atoms with Crippen molar-refractivity contribution in [2.24, 2.45) is 0 Å². The Morgan fingerprint density at radius 2 is 1.56 bits per heavy atom. The number of rotatable bonds is 6. The standard InChI is InChI=1S/C21H26NO3/c1-22(2,16-21-24-13-6-14-25-21)15-20(23)19-11-9-18(10-12-19)17-7-4-3-5-8-17/h3-5,7-12,21H,6,13-16H2,1-2H3/q+1. The predicted molar refractivity (Wildman–Crippen MR) is 98.4 cm³/mol. The number of hydrogen-bond donors (Lipinski definition) is 0. The maximum atomic E-state index is 12.7. The zero-order chi connectivity index (χ0) is 17.7. The molecule has 1 heterocycles. The van der Waals surface area contributed by atoms with Crippen molar-refractivity contribution in [3.63, 3.8) is 0 Å². The van der Waals surface area contributed by atoms with Gasteiger partial charge in [-0.15, -0.1) is 0 Å². The van der Waals surface area contributed by atoms with Crippen molar-refractivity contribution in [1.29, 1.82) is 0 Å². The largest absolute Gasteiger partial charge is 0.347 e. The third-order valence-electron chi connectivity index (χ3n) is 4.43. The van der Waals surface area contributed by atoms with Crippen LogP contribution in [0.25, 0.3) is 11.1 Å². The number of ether oxygens (including phenoxy) is 2. The smallest absolute Gasteiger partial charge is 0.216 e. The Hall–Kier alpha value is -2.01. The van der Waals surface area contributed by atoms with E-state index >= 15 is 0 Å². The predicted octanol–water partition coefficient (Wildman–Crippen LogP) is 3.38. The van der Waals surface area contributed by atoms with E-state index in [0.717, 1.165) is 36.3 Å². The first-order chi connectivity index (χ1) is 12.0. The van der Waals surface area contributed by atoms with E-state index in [1.807, 2.05) is 56.6 Å². The molecule has 1 aliphatic heterocycles. The normalized spacial score (nSPS) is 15.9. The van der Waals surface area contributed by atoms with E-state index in [1.165, 1.54) is 0 Å². The first-order valence-electron chi connectivity index (χ1n) is 8.77. The number of Topliss-reactive ketones (excluding diaryl/α,β-unsaturated/α-hetero) is 1. The van der Waals surface area contributed by atoms with Gasteiger partial charge in [0.1, 0.15) is 13.1 Å². The lowest BCUT2D eigenvalue weighted by molar-refractivity contribution is -0.888. The molecule has 0 saturated carbocycles. The summed E-state index contributed by atoms with van der Waals surface area (Å²) in [5.74, 6) is 0.139. The molecule has 0 N–H and O–H groups in total. The molecule has 25 heavy (non-hydrogen) atoms. The number of benzene rings is 2. The molecule has 2 aromatic carbocycles. The molecule has 3 rings (SSSR count). The molecule has 1 aliphatic rings. The van der Waals surface area contributed by atoms with Gasteiger partial charge in [0.25, 0.3) is 0 Å². The van der Waals surface area contributed by atoms with E-state index in [0.29, 0.717) is 17.6 Å². The summed E-state index contributed by atoms with van der Waals surface area (Å²) >= 11 is 0. The Bertz CT molecular complexity index is 689. The lowest BCUT2D eigenvalue weighted by Crippen LogP contribution is -2.50. The first kappa shape index (κ1) is 17.8.